The Morgan fingerprint density at radius 1 is 1.10 bits per heavy atom. The number of nitrogens with one attached hydrogen (secondary N) is 1. The van der Waals surface area contributed by atoms with Crippen molar-refractivity contribution in [2.75, 3.05) is 5.32 Å². The number of hydrogen-bond acceptors (Lipinski definition) is 4. The van der Waals surface area contributed by atoms with Crippen molar-refractivity contribution in [2.24, 2.45) is 0 Å². The van der Waals surface area contributed by atoms with E-state index in [1.54, 1.807) is 19.1 Å². The lowest BCUT2D eigenvalue weighted by Gasteiger charge is -2.09. The van der Waals surface area contributed by atoms with E-state index in [9.17, 15) is 14.7 Å². The summed E-state index contributed by atoms with van der Waals surface area (Å²) in [7, 11) is 0. The molecule has 0 atom stereocenters. The molecule has 0 unspecified atom stereocenters. The van der Waals surface area contributed by atoms with Crippen molar-refractivity contribution in [3.05, 3.63) is 52.8 Å². The van der Waals surface area contributed by atoms with Crippen molar-refractivity contribution in [3.63, 3.8) is 0 Å². The summed E-state index contributed by atoms with van der Waals surface area (Å²) in [5, 5.41) is 21.0. The predicted octanol–water partition coefficient (Wildman–Crippen LogP) is 2.35. The SMILES string of the molecule is Cc1ccc(C(=O)Nc2ccc(C(=O)O)c(O)c2)c(C)n1. The third-order valence-electron chi connectivity index (χ3n) is 2.96. The lowest BCUT2D eigenvalue weighted by Crippen LogP contribution is -2.14. The Labute approximate surface area is 121 Å². The maximum absolute atomic E-state index is 12.1. The minimum Gasteiger partial charge on any atom is -0.507 e. The first-order chi connectivity index (χ1) is 9.88. The van der Waals surface area contributed by atoms with Gasteiger partial charge in [0.15, 0.2) is 0 Å². The highest BCUT2D eigenvalue weighted by Gasteiger charge is 2.13. The van der Waals surface area contributed by atoms with Crippen LogP contribution in [-0.4, -0.2) is 27.1 Å². The van der Waals surface area contributed by atoms with Gasteiger partial charge in [-0.2, -0.15) is 0 Å². The number of rotatable bonds is 3. The van der Waals surface area contributed by atoms with Crippen molar-refractivity contribution >= 4 is 17.6 Å². The molecule has 0 spiro atoms. The van der Waals surface area contributed by atoms with Crippen LogP contribution in [0.25, 0.3) is 0 Å². The molecule has 1 amide bonds. The molecule has 0 aliphatic carbocycles. The summed E-state index contributed by atoms with van der Waals surface area (Å²) in [6.45, 7) is 3.56. The van der Waals surface area contributed by atoms with Crippen LogP contribution in [0.4, 0.5) is 5.69 Å². The third kappa shape index (κ3) is 3.17. The van der Waals surface area contributed by atoms with Crippen LogP contribution in [0.1, 0.15) is 32.1 Å². The molecule has 0 saturated heterocycles. The van der Waals surface area contributed by atoms with E-state index in [0.29, 0.717) is 16.9 Å². The van der Waals surface area contributed by atoms with E-state index in [0.717, 1.165) is 5.69 Å². The molecular formula is C15H14N2O4. The molecule has 2 rings (SSSR count). The molecule has 6 heteroatoms. The number of aromatic nitrogens is 1. The van der Waals surface area contributed by atoms with Crippen molar-refractivity contribution < 1.29 is 19.8 Å². The number of aromatic hydroxyl groups is 1. The molecule has 1 aromatic heterocycles. The van der Waals surface area contributed by atoms with Gasteiger partial charge < -0.3 is 15.5 Å². The second-order valence-corrected chi connectivity index (χ2v) is 4.58. The van der Waals surface area contributed by atoms with E-state index in [-0.39, 0.29) is 11.5 Å². The van der Waals surface area contributed by atoms with E-state index in [4.69, 9.17) is 5.11 Å². The van der Waals surface area contributed by atoms with Gasteiger partial charge in [-0.15, -0.1) is 0 Å². The zero-order chi connectivity index (χ0) is 15.6. The Morgan fingerprint density at radius 2 is 1.76 bits per heavy atom. The molecule has 0 aliphatic heterocycles. The standard InChI is InChI=1S/C15H14N2O4/c1-8-3-5-11(9(2)16-8)14(19)17-10-4-6-12(15(20)21)13(18)7-10/h3-7,18H,1-2H3,(H,17,19)(H,20,21). The molecule has 6 nitrogen and oxygen atoms in total. The molecular weight excluding hydrogens is 272 g/mol. The van der Waals surface area contributed by atoms with E-state index in [2.05, 4.69) is 10.3 Å². The monoisotopic (exact) mass is 286 g/mol. The summed E-state index contributed by atoms with van der Waals surface area (Å²) < 4.78 is 0. The topological polar surface area (TPSA) is 99.5 Å². The largest absolute Gasteiger partial charge is 0.507 e. The normalized spacial score (nSPS) is 10.2. The van der Waals surface area contributed by atoms with E-state index < -0.39 is 11.7 Å². The Hall–Kier alpha value is -2.89. The summed E-state index contributed by atoms with van der Waals surface area (Å²) in [5.41, 5.74) is 1.91. The Morgan fingerprint density at radius 3 is 2.33 bits per heavy atom. The highest BCUT2D eigenvalue weighted by atomic mass is 16.4. The fraction of sp³-hybridized carbons (Fsp3) is 0.133. The van der Waals surface area contributed by atoms with Gasteiger partial charge >= 0.3 is 5.97 Å². The summed E-state index contributed by atoms with van der Waals surface area (Å²) >= 11 is 0. The van der Waals surface area contributed by atoms with Crippen LogP contribution in [-0.2, 0) is 0 Å². The van der Waals surface area contributed by atoms with Crippen LogP contribution in [0, 0.1) is 13.8 Å². The molecule has 0 saturated carbocycles. The number of carbonyl (C=O) groups excluding carboxylic acids is 1. The molecule has 21 heavy (non-hydrogen) atoms. The number of hydrogen-bond donors (Lipinski definition) is 3. The van der Waals surface area contributed by atoms with Gasteiger partial charge in [0, 0.05) is 17.4 Å². The molecule has 3 N–H and O–H groups in total. The molecule has 108 valence electrons. The number of carboxylic acids is 1. The number of pyridine rings is 1. The average molecular weight is 286 g/mol. The lowest BCUT2D eigenvalue weighted by atomic mass is 10.1. The number of carboxylic acid groups (broad SMARTS) is 1. The molecule has 2 aromatic rings. The first-order valence-electron chi connectivity index (χ1n) is 6.20. The summed E-state index contributed by atoms with van der Waals surface area (Å²) in [5.74, 6) is -2.01. The maximum atomic E-state index is 12.1. The summed E-state index contributed by atoms with van der Waals surface area (Å²) in [6.07, 6.45) is 0. The Balaban J connectivity index is 2.23. The van der Waals surface area contributed by atoms with E-state index in [1.807, 2.05) is 6.92 Å². The number of phenols is 1. The zero-order valence-corrected chi connectivity index (χ0v) is 11.5. The van der Waals surface area contributed by atoms with Crippen molar-refractivity contribution in [3.8, 4) is 5.75 Å². The molecule has 0 fully saturated rings. The van der Waals surface area contributed by atoms with Gasteiger partial charge in [-0.05, 0) is 38.1 Å². The van der Waals surface area contributed by atoms with Gasteiger partial charge in [-0.1, -0.05) is 0 Å². The van der Waals surface area contributed by atoms with E-state index >= 15 is 0 Å². The number of aromatic carboxylic acids is 1. The highest BCUT2D eigenvalue weighted by molar-refractivity contribution is 6.05. The Bertz CT molecular complexity index is 726. The molecule has 1 heterocycles. The van der Waals surface area contributed by atoms with Crippen molar-refractivity contribution in [2.45, 2.75) is 13.8 Å². The summed E-state index contributed by atoms with van der Waals surface area (Å²) in [4.78, 5) is 27.1. The van der Waals surface area contributed by atoms with Crippen molar-refractivity contribution in [1.82, 2.24) is 4.98 Å². The molecule has 0 aliphatic rings. The second-order valence-electron chi connectivity index (χ2n) is 4.58. The highest BCUT2D eigenvalue weighted by Crippen LogP contribution is 2.22. The minimum absolute atomic E-state index is 0.221. The second kappa shape index (κ2) is 5.62. The lowest BCUT2D eigenvalue weighted by molar-refractivity contribution is 0.0693. The smallest absolute Gasteiger partial charge is 0.339 e. The van der Waals surface area contributed by atoms with Gasteiger partial charge in [0.2, 0.25) is 0 Å². The maximum Gasteiger partial charge on any atom is 0.339 e. The zero-order valence-electron chi connectivity index (χ0n) is 11.5. The van der Waals surface area contributed by atoms with Crippen LogP contribution in [0.3, 0.4) is 0 Å². The van der Waals surface area contributed by atoms with Gasteiger partial charge in [-0.3, -0.25) is 9.78 Å². The molecule has 0 radical (unpaired) electrons. The third-order valence-corrected chi connectivity index (χ3v) is 2.96. The van der Waals surface area contributed by atoms with Crippen LogP contribution in [0.5, 0.6) is 5.75 Å². The number of amides is 1. The first-order valence-corrected chi connectivity index (χ1v) is 6.20. The van der Waals surface area contributed by atoms with Gasteiger partial charge in [0.1, 0.15) is 11.3 Å². The van der Waals surface area contributed by atoms with Gasteiger partial charge in [0.25, 0.3) is 5.91 Å². The van der Waals surface area contributed by atoms with Gasteiger partial charge in [-0.25, -0.2) is 4.79 Å². The van der Waals surface area contributed by atoms with Crippen molar-refractivity contribution in [1.29, 1.82) is 0 Å². The van der Waals surface area contributed by atoms with Crippen LogP contribution >= 0.6 is 0 Å². The fourth-order valence-electron chi connectivity index (χ4n) is 1.92. The average Bonchev–Trinajstić information content (AvgIpc) is 2.37. The number of nitrogens with zero attached hydrogens (tertiary/aromatic N) is 1. The fourth-order valence-corrected chi connectivity index (χ4v) is 1.92. The minimum atomic E-state index is -1.23. The Kier molecular flexibility index (Phi) is 3.89. The molecule has 0 bridgehead atoms. The van der Waals surface area contributed by atoms with Gasteiger partial charge in [0.05, 0.1) is 11.3 Å². The number of carbonyl (C=O) groups is 2. The number of anilines is 1. The predicted molar refractivity (Wildman–Crippen MR) is 76.7 cm³/mol. The number of benzene rings is 1. The van der Waals surface area contributed by atoms with Crippen LogP contribution in [0.2, 0.25) is 0 Å². The molecule has 1 aromatic carbocycles. The summed E-state index contributed by atoms with van der Waals surface area (Å²) in [6, 6.07) is 7.23. The van der Waals surface area contributed by atoms with Crippen LogP contribution < -0.4 is 5.32 Å². The number of aryl methyl sites for hydroxylation is 2. The quantitative estimate of drug-likeness (QED) is 0.804. The van der Waals surface area contributed by atoms with E-state index in [1.165, 1.54) is 18.2 Å². The first kappa shape index (κ1) is 14.5. The van der Waals surface area contributed by atoms with Crippen LogP contribution in [0.15, 0.2) is 30.3 Å².